The van der Waals surface area contributed by atoms with E-state index in [2.05, 4.69) is 31.3 Å². The topological polar surface area (TPSA) is 34.2 Å². The highest BCUT2D eigenvalue weighted by molar-refractivity contribution is 5.21. The highest BCUT2D eigenvalue weighted by atomic mass is 16.5. The molecule has 0 saturated heterocycles. The van der Waals surface area contributed by atoms with Crippen molar-refractivity contribution in [2.24, 2.45) is 0 Å². The number of pyridine rings is 1. The first-order valence-electron chi connectivity index (χ1n) is 6.88. The lowest BCUT2D eigenvalue weighted by atomic mass is 9.77. The van der Waals surface area contributed by atoms with Crippen LogP contribution < -0.4 is 5.32 Å². The van der Waals surface area contributed by atoms with Gasteiger partial charge in [-0.3, -0.25) is 4.98 Å². The summed E-state index contributed by atoms with van der Waals surface area (Å²) in [4.78, 5) is 4.71. The lowest BCUT2D eigenvalue weighted by Gasteiger charge is -2.42. The zero-order valence-electron chi connectivity index (χ0n) is 11.8. The van der Waals surface area contributed by atoms with Crippen molar-refractivity contribution < 1.29 is 4.74 Å². The van der Waals surface area contributed by atoms with Crippen LogP contribution in [0, 0.1) is 6.92 Å². The van der Waals surface area contributed by atoms with Gasteiger partial charge in [-0.1, -0.05) is 13.0 Å². The van der Waals surface area contributed by atoms with Crippen LogP contribution >= 0.6 is 0 Å². The van der Waals surface area contributed by atoms with Gasteiger partial charge in [-0.2, -0.15) is 0 Å². The molecule has 1 aromatic rings. The maximum Gasteiger partial charge on any atom is 0.0644 e. The van der Waals surface area contributed by atoms with E-state index in [1.165, 1.54) is 30.5 Å². The molecule has 3 nitrogen and oxygen atoms in total. The fraction of sp³-hybridized carbons (Fsp3) is 0.667. The predicted octanol–water partition coefficient (Wildman–Crippen LogP) is 2.61. The molecule has 1 fully saturated rings. The van der Waals surface area contributed by atoms with Crippen LogP contribution in [-0.4, -0.2) is 24.2 Å². The maximum absolute atomic E-state index is 5.32. The summed E-state index contributed by atoms with van der Waals surface area (Å²) in [6.45, 7) is 5.93. The van der Waals surface area contributed by atoms with Crippen molar-refractivity contribution in [3.63, 3.8) is 0 Å². The zero-order valence-corrected chi connectivity index (χ0v) is 11.8. The molecule has 0 aromatic carbocycles. The maximum atomic E-state index is 5.32. The molecular weight excluding hydrogens is 224 g/mol. The number of hydrogen-bond acceptors (Lipinski definition) is 3. The Labute approximate surface area is 110 Å². The number of ether oxygens (including phenoxy) is 1. The average molecular weight is 248 g/mol. The Kier molecular flexibility index (Phi) is 4.36. The third kappa shape index (κ3) is 2.90. The molecule has 18 heavy (non-hydrogen) atoms. The molecule has 1 aliphatic rings. The fourth-order valence-corrected chi connectivity index (χ4v) is 2.60. The van der Waals surface area contributed by atoms with Gasteiger partial charge in [0.1, 0.15) is 0 Å². The van der Waals surface area contributed by atoms with Gasteiger partial charge < -0.3 is 10.1 Å². The Balaban J connectivity index is 1.97. The summed E-state index contributed by atoms with van der Waals surface area (Å²) in [6, 6.07) is 4.30. The van der Waals surface area contributed by atoms with Crippen LogP contribution in [0.5, 0.6) is 0 Å². The molecule has 1 aliphatic carbocycles. The van der Waals surface area contributed by atoms with Gasteiger partial charge in [0.2, 0.25) is 0 Å². The van der Waals surface area contributed by atoms with Crippen LogP contribution in [0.15, 0.2) is 12.1 Å². The molecule has 0 atom stereocenters. The number of rotatable bonds is 6. The molecule has 2 rings (SSSR count). The third-order valence-corrected chi connectivity index (χ3v) is 3.97. The number of methoxy groups -OCH3 is 1. The van der Waals surface area contributed by atoms with E-state index in [4.69, 9.17) is 9.72 Å². The Morgan fingerprint density at radius 2 is 2.17 bits per heavy atom. The van der Waals surface area contributed by atoms with E-state index in [1.54, 1.807) is 7.11 Å². The SMILES string of the molecule is CCc1nc(CNC2(COC)CCC2)ccc1C. The summed E-state index contributed by atoms with van der Waals surface area (Å²) in [5.41, 5.74) is 3.84. The number of aromatic nitrogens is 1. The Bertz CT molecular complexity index is 399. The standard InChI is InChI=1S/C15H24N2O/c1-4-14-12(2)6-7-13(17-14)10-16-15(11-18-3)8-5-9-15/h6-7,16H,4-5,8-11H2,1-3H3. The Morgan fingerprint density at radius 3 is 2.72 bits per heavy atom. The van der Waals surface area contributed by atoms with Gasteiger partial charge in [-0.25, -0.2) is 0 Å². The van der Waals surface area contributed by atoms with Gasteiger partial charge in [0.25, 0.3) is 0 Å². The quantitative estimate of drug-likeness (QED) is 0.840. The van der Waals surface area contributed by atoms with E-state index in [9.17, 15) is 0 Å². The van der Waals surface area contributed by atoms with E-state index in [0.29, 0.717) is 0 Å². The van der Waals surface area contributed by atoms with Gasteiger partial charge in [0.15, 0.2) is 0 Å². The summed E-state index contributed by atoms with van der Waals surface area (Å²) < 4.78 is 5.32. The minimum absolute atomic E-state index is 0.202. The summed E-state index contributed by atoms with van der Waals surface area (Å²) >= 11 is 0. The summed E-state index contributed by atoms with van der Waals surface area (Å²) in [7, 11) is 1.78. The Hall–Kier alpha value is -0.930. The first-order chi connectivity index (χ1) is 8.69. The van der Waals surface area contributed by atoms with Crippen LogP contribution in [0.4, 0.5) is 0 Å². The zero-order chi connectivity index (χ0) is 13.0. The Morgan fingerprint density at radius 1 is 1.39 bits per heavy atom. The molecule has 100 valence electrons. The van der Waals surface area contributed by atoms with Crippen LogP contribution in [-0.2, 0) is 17.7 Å². The highest BCUT2D eigenvalue weighted by Crippen LogP contribution is 2.32. The second kappa shape index (κ2) is 5.81. The predicted molar refractivity (Wildman–Crippen MR) is 73.6 cm³/mol. The van der Waals surface area contributed by atoms with Gasteiger partial charge in [-0.05, 0) is 44.2 Å². The molecule has 0 spiro atoms. The van der Waals surface area contributed by atoms with Crippen LogP contribution in [0.1, 0.15) is 43.1 Å². The normalized spacial score (nSPS) is 17.5. The second-order valence-corrected chi connectivity index (χ2v) is 5.34. The molecule has 0 radical (unpaired) electrons. The molecule has 1 heterocycles. The number of nitrogens with zero attached hydrogens (tertiary/aromatic N) is 1. The van der Waals surface area contributed by atoms with Crippen LogP contribution in [0.2, 0.25) is 0 Å². The average Bonchev–Trinajstić information content (AvgIpc) is 2.34. The summed E-state index contributed by atoms with van der Waals surface area (Å²) in [6.07, 6.45) is 4.74. The van der Waals surface area contributed by atoms with E-state index < -0.39 is 0 Å². The van der Waals surface area contributed by atoms with Crippen LogP contribution in [0.3, 0.4) is 0 Å². The molecule has 0 bridgehead atoms. The van der Waals surface area contributed by atoms with E-state index in [-0.39, 0.29) is 5.54 Å². The largest absolute Gasteiger partial charge is 0.383 e. The van der Waals surface area contributed by atoms with Crippen molar-refractivity contribution in [3.8, 4) is 0 Å². The van der Waals surface area contributed by atoms with Crippen molar-refractivity contribution in [1.82, 2.24) is 10.3 Å². The third-order valence-electron chi connectivity index (χ3n) is 3.97. The first kappa shape index (κ1) is 13.5. The fourth-order valence-electron chi connectivity index (χ4n) is 2.60. The van der Waals surface area contributed by atoms with Crippen molar-refractivity contribution in [2.45, 2.75) is 51.6 Å². The minimum atomic E-state index is 0.202. The van der Waals surface area contributed by atoms with Crippen molar-refractivity contribution >= 4 is 0 Å². The van der Waals surface area contributed by atoms with Crippen LogP contribution in [0.25, 0.3) is 0 Å². The van der Waals surface area contributed by atoms with Gasteiger partial charge >= 0.3 is 0 Å². The first-order valence-corrected chi connectivity index (χ1v) is 6.88. The second-order valence-electron chi connectivity index (χ2n) is 5.34. The monoisotopic (exact) mass is 248 g/mol. The van der Waals surface area contributed by atoms with E-state index >= 15 is 0 Å². The number of aryl methyl sites for hydroxylation is 2. The van der Waals surface area contributed by atoms with E-state index in [1.807, 2.05) is 0 Å². The van der Waals surface area contributed by atoms with Gasteiger partial charge in [-0.15, -0.1) is 0 Å². The highest BCUT2D eigenvalue weighted by Gasteiger charge is 2.36. The molecule has 1 saturated carbocycles. The number of hydrogen-bond donors (Lipinski definition) is 1. The van der Waals surface area contributed by atoms with Crippen molar-refractivity contribution in [3.05, 3.63) is 29.1 Å². The summed E-state index contributed by atoms with van der Waals surface area (Å²) in [5.74, 6) is 0. The minimum Gasteiger partial charge on any atom is -0.383 e. The van der Waals surface area contributed by atoms with Crippen molar-refractivity contribution in [2.75, 3.05) is 13.7 Å². The lowest BCUT2D eigenvalue weighted by molar-refractivity contribution is 0.0547. The number of nitrogens with one attached hydrogen (secondary N) is 1. The molecule has 0 unspecified atom stereocenters. The summed E-state index contributed by atoms with van der Waals surface area (Å²) in [5, 5.41) is 3.63. The van der Waals surface area contributed by atoms with Gasteiger partial charge in [0.05, 0.1) is 12.3 Å². The molecule has 3 heteroatoms. The molecular formula is C15H24N2O. The van der Waals surface area contributed by atoms with Gasteiger partial charge in [0, 0.05) is 24.9 Å². The smallest absolute Gasteiger partial charge is 0.0644 e. The van der Waals surface area contributed by atoms with Crippen molar-refractivity contribution in [1.29, 1.82) is 0 Å². The molecule has 0 amide bonds. The molecule has 0 aliphatic heterocycles. The lowest BCUT2D eigenvalue weighted by Crippen LogP contribution is -2.54. The molecule has 1 N–H and O–H groups in total. The van der Waals surface area contributed by atoms with E-state index in [0.717, 1.165) is 25.3 Å². The molecule has 1 aromatic heterocycles.